The van der Waals surface area contributed by atoms with Crippen molar-refractivity contribution in [2.75, 3.05) is 10.6 Å². The van der Waals surface area contributed by atoms with Crippen LogP contribution in [0.15, 0.2) is 49.1 Å². The topological polar surface area (TPSA) is 84.7 Å². The van der Waals surface area contributed by atoms with E-state index in [1.165, 1.54) is 0 Å². The van der Waals surface area contributed by atoms with Crippen LogP contribution in [0.2, 0.25) is 0 Å². The van der Waals surface area contributed by atoms with Crippen molar-refractivity contribution >= 4 is 23.1 Å². The first-order valence-corrected chi connectivity index (χ1v) is 8.50. The molecule has 0 saturated carbocycles. The quantitative estimate of drug-likeness (QED) is 0.708. The van der Waals surface area contributed by atoms with Crippen molar-refractivity contribution in [1.29, 1.82) is 0 Å². The highest BCUT2D eigenvalue weighted by Crippen LogP contribution is 2.19. The molecule has 2 N–H and O–H groups in total. The molecule has 2 aromatic heterocycles. The molecular weight excluding hydrogens is 328 g/mol. The predicted octanol–water partition coefficient (Wildman–Crippen LogP) is 3.70. The molecule has 0 spiro atoms. The molecule has 0 radical (unpaired) electrons. The average molecular weight is 350 g/mol. The SMILES string of the molecule is Cc1nc(Nc2ccc(NC(=O)CC(C)C)cc2)cc(-n2ccnc2)n1. The van der Waals surface area contributed by atoms with Crippen LogP contribution in [0.5, 0.6) is 0 Å². The van der Waals surface area contributed by atoms with Crippen molar-refractivity contribution in [3.63, 3.8) is 0 Å². The minimum Gasteiger partial charge on any atom is -0.340 e. The number of carbonyl (C=O) groups is 1. The smallest absolute Gasteiger partial charge is 0.224 e. The molecule has 7 heteroatoms. The van der Waals surface area contributed by atoms with E-state index >= 15 is 0 Å². The summed E-state index contributed by atoms with van der Waals surface area (Å²) in [5.41, 5.74) is 1.65. The van der Waals surface area contributed by atoms with Crippen LogP contribution in [0.25, 0.3) is 5.82 Å². The lowest BCUT2D eigenvalue weighted by Crippen LogP contribution is -2.13. The van der Waals surface area contributed by atoms with Gasteiger partial charge in [-0.15, -0.1) is 0 Å². The summed E-state index contributed by atoms with van der Waals surface area (Å²) < 4.78 is 1.83. The number of hydrogen-bond acceptors (Lipinski definition) is 5. The van der Waals surface area contributed by atoms with E-state index in [0.29, 0.717) is 24.0 Å². The second-order valence-corrected chi connectivity index (χ2v) is 6.48. The third-order valence-electron chi connectivity index (χ3n) is 3.63. The van der Waals surface area contributed by atoms with Crippen LogP contribution >= 0.6 is 0 Å². The van der Waals surface area contributed by atoms with Gasteiger partial charge in [-0.2, -0.15) is 0 Å². The molecule has 0 saturated heterocycles. The number of carbonyl (C=O) groups excluding carboxylic acids is 1. The summed E-state index contributed by atoms with van der Waals surface area (Å²) in [4.78, 5) is 24.7. The van der Waals surface area contributed by atoms with Gasteiger partial charge in [0.05, 0.1) is 0 Å². The number of imidazole rings is 1. The molecule has 0 fully saturated rings. The molecule has 0 aliphatic rings. The molecule has 7 nitrogen and oxygen atoms in total. The number of anilines is 3. The maximum Gasteiger partial charge on any atom is 0.224 e. The summed E-state index contributed by atoms with van der Waals surface area (Å²) in [5, 5.41) is 6.16. The average Bonchev–Trinajstić information content (AvgIpc) is 3.10. The first-order valence-electron chi connectivity index (χ1n) is 8.50. The summed E-state index contributed by atoms with van der Waals surface area (Å²) in [5.74, 6) is 2.46. The van der Waals surface area contributed by atoms with Crippen molar-refractivity contribution < 1.29 is 4.79 Å². The number of aromatic nitrogens is 4. The maximum absolute atomic E-state index is 11.8. The molecule has 3 rings (SSSR count). The Balaban J connectivity index is 1.70. The highest BCUT2D eigenvalue weighted by atomic mass is 16.1. The van der Waals surface area contributed by atoms with Gasteiger partial charge in [-0.05, 0) is 37.1 Å². The monoisotopic (exact) mass is 350 g/mol. The van der Waals surface area contributed by atoms with Gasteiger partial charge >= 0.3 is 0 Å². The van der Waals surface area contributed by atoms with E-state index in [2.05, 4.69) is 25.6 Å². The first kappa shape index (κ1) is 17.6. The maximum atomic E-state index is 11.8. The van der Waals surface area contributed by atoms with Gasteiger partial charge in [0, 0.05) is 36.3 Å². The lowest BCUT2D eigenvalue weighted by Gasteiger charge is -2.10. The first-order chi connectivity index (χ1) is 12.5. The molecular formula is C19H22N6O. The minimum atomic E-state index is 0.0251. The number of rotatable bonds is 6. The molecule has 0 atom stereocenters. The van der Waals surface area contributed by atoms with Crippen LogP contribution in [-0.2, 0) is 4.79 Å². The van der Waals surface area contributed by atoms with Crippen molar-refractivity contribution in [2.24, 2.45) is 5.92 Å². The molecule has 26 heavy (non-hydrogen) atoms. The Hall–Kier alpha value is -3.22. The zero-order chi connectivity index (χ0) is 18.5. The van der Waals surface area contributed by atoms with Crippen molar-refractivity contribution in [2.45, 2.75) is 27.2 Å². The van der Waals surface area contributed by atoms with E-state index in [1.807, 2.05) is 61.9 Å². The van der Waals surface area contributed by atoms with Gasteiger partial charge < -0.3 is 10.6 Å². The van der Waals surface area contributed by atoms with Crippen LogP contribution in [-0.4, -0.2) is 25.4 Å². The van der Waals surface area contributed by atoms with Gasteiger partial charge in [-0.1, -0.05) is 13.8 Å². The molecule has 1 amide bonds. The van der Waals surface area contributed by atoms with Gasteiger partial charge in [0.15, 0.2) is 0 Å². The largest absolute Gasteiger partial charge is 0.340 e. The van der Waals surface area contributed by atoms with E-state index in [0.717, 1.165) is 17.2 Å². The molecule has 0 bridgehead atoms. The fourth-order valence-corrected chi connectivity index (χ4v) is 2.51. The van der Waals surface area contributed by atoms with Crippen LogP contribution in [0.1, 0.15) is 26.1 Å². The zero-order valence-electron chi connectivity index (χ0n) is 15.1. The fourth-order valence-electron chi connectivity index (χ4n) is 2.51. The summed E-state index contributed by atoms with van der Waals surface area (Å²) in [6, 6.07) is 9.39. The molecule has 3 aromatic rings. The van der Waals surface area contributed by atoms with Crippen molar-refractivity contribution in [3.05, 3.63) is 54.9 Å². The zero-order valence-corrected chi connectivity index (χ0v) is 15.1. The third-order valence-corrected chi connectivity index (χ3v) is 3.63. The lowest BCUT2D eigenvalue weighted by atomic mass is 10.1. The molecule has 134 valence electrons. The van der Waals surface area contributed by atoms with E-state index in [4.69, 9.17) is 0 Å². The number of benzene rings is 1. The van der Waals surface area contributed by atoms with E-state index in [1.54, 1.807) is 12.5 Å². The van der Waals surface area contributed by atoms with Gasteiger partial charge in [0.2, 0.25) is 5.91 Å². The van der Waals surface area contributed by atoms with Gasteiger partial charge in [0.1, 0.15) is 23.8 Å². The van der Waals surface area contributed by atoms with Crippen LogP contribution in [0, 0.1) is 12.8 Å². The standard InChI is InChI=1S/C19H22N6O/c1-13(2)10-19(26)24-16-6-4-15(5-7-16)23-17-11-18(22-14(3)21-17)25-9-8-20-12-25/h4-9,11-13H,10H2,1-3H3,(H,24,26)(H,21,22,23). The minimum absolute atomic E-state index is 0.0251. The van der Waals surface area contributed by atoms with Crippen LogP contribution < -0.4 is 10.6 Å². The Morgan fingerprint density at radius 2 is 1.88 bits per heavy atom. The summed E-state index contributed by atoms with van der Waals surface area (Å²) in [7, 11) is 0. The highest BCUT2D eigenvalue weighted by molar-refractivity contribution is 5.91. The van der Waals surface area contributed by atoms with Crippen LogP contribution in [0.3, 0.4) is 0 Å². The molecule has 0 aliphatic heterocycles. The molecule has 0 aliphatic carbocycles. The number of aryl methyl sites for hydroxylation is 1. The summed E-state index contributed by atoms with van der Waals surface area (Å²) >= 11 is 0. The van der Waals surface area contributed by atoms with Crippen molar-refractivity contribution in [3.8, 4) is 5.82 Å². The lowest BCUT2D eigenvalue weighted by molar-refractivity contribution is -0.116. The third kappa shape index (κ3) is 4.66. The number of hydrogen-bond donors (Lipinski definition) is 2. The van der Waals surface area contributed by atoms with Gasteiger partial charge in [-0.3, -0.25) is 9.36 Å². The van der Waals surface area contributed by atoms with E-state index in [9.17, 15) is 4.79 Å². The number of nitrogens with zero attached hydrogens (tertiary/aromatic N) is 4. The second kappa shape index (κ2) is 7.77. The summed E-state index contributed by atoms with van der Waals surface area (Å²) in [6.07, 6.45) is 5.74. The molecule has 2 heterocycles. The number of nitrogens with one attached hydrogen (secondary N) is 2. The Morgan fingerprint density at radius 3 is 2.54 bits per heavy atom. The fraction of sp³-hybridized carbons (Fsp3) is 0.263. The van der Waals surface area contributed by atoms with Gasteiger partial charge in [-0.25, -0.2) is 15.0 Å². The molecule has 1 aromatic carbocycles. The predicted molar refractivity (Wildman–Crippen MR) is 102 cm³/mol. The van der Waals surface area contributed by atoms with Crippen molar-refractivity contribution in [1.82, 2.24) is 19.5 Å². The number of amides is 1. The summed E-state index contributed by atoms with van der Waals surface area (Å²) in [6.45, 7) is 5.89. The van der Waals surface area contributed by atoms with E-state index in [-0.39, 0.29) is 5.91 Å². The Labute approximate surface area is 152 Å². The Morgan fingerprint density at radius 1 is 1.15 bits per heavy atom. The highest BCUT2D eigenvalue weighted by Gasteiger charge is 2.07. The normalized spacial score (nSPS) is 10.8. The second-order valence-electron chi connectivity index (χ2n) is 6.48. The Kier molecular flexibility index (Phi) is 5.26. The molecule has 0 unspecified atom stereocenters. The van der Waals surface area contributed by atoms with Gasteiger partial charge in [0.25, 0.3) is 0 Å². The Bertz CT molecular complexity index is 872. The van der Waals surface area contributed by atoms with E-state index < -0.39 is 0 Å². The van der Waals surface area contributed by atoms with Crippen LogP contribution in [0.4, 0.5) is 17.2 Å².